The summed E-state index contributed by atoms with van der Waals surface area (Å²) in [4.78, 5) is 20.1. The van der Waals surface area contributed by atoms with Crippen LogP contribution in [-0.4, -0.2) is 36.6 Å². The van der Waals surface area contributed by atoms with Crippen LogP contribution in [0.5, 0.6) is 11.5 Å². The molecule has 1 unspecified atom stereocenters. The Bertz CT molecular complexity index is 1200. The summed E-state index contributed by atoms with van der Waals surface area (Å²) in [7, 11) is 3.23. The molecular weight excluding hydrogens is 414 g/mol. The minimum absolute atomic E-state index is 0.176. The number of methoxy groups -OCH3 is 2. The SMILES string of the molecule is COc1cccc(C(CNC(=O)c2ccc(Cl)nc2)c2c[nH]c3ccccc23)c1OC. The zero-order valence-corrected chi connectivity index (χ0v) is 17.9. The number of nitrogens with zero attached hydrogens (tertiary/aromatic N) is 1. The van der Waals surface area contributed by atoms with E-state index in [0.717, 1.165) is 22.0 Å². The molecule has 2 aromatic heterocycles. The number of para-hydroxylation sites is 2. The number of aromatic nitrogens is 2. The zero-order valence-electron chi connectivity index (χ0n) is 17.2. The molecule has 4 aromatic rings. The van der Waals surface area contributed by atoms with E-state index in [0.29, 0.717) is 28.8 Å². The molecule has 0 aliphatic heterocycles. The fraction of sp³-hybridized carbons (Fsp3) is 0.167. The van der Waals surface area contributed by atoms with Gasteiger partial charge in [-0.3, -0.25) is 4.79 Å². The van der Waals surface area contributed by atoms with Gasteiger partial charge in [0.2, 0.25) is 0 Å². The molecule has 4 rings (SSSR count). The van der Waals surface area contributed by atoms with Gasteiger partial charge in [0.15, 0.2) is 11.5 Å². The average molecular weight is 436 g/mol. The Labute approximate surface area is 185 Å². The van der Waals surface area contributed by atoms with Crippen LogP contribution in [0.25, 0.3) is 10.9 Å². The predicted octanol–water partition coefficient (Wildman–Crippen LogP) is 4.80. The van der Waals surface area contributed by atoms with Crippen LogP contribution >= 0.6 is 11.6 Å². The van der Waals surface area contributed by atoms with E-state index in [2.05, 4.69) is 21.4 Å². The zero-order chi connectivity index (χ0) is 21.8. The molecule has 7 heteroatoms. The van der Waals surface area contributed by atoms with E-state index in [1.807, 2.05) is 42.6 Å². The Morgan fingerprint density at radius 2 is 1.90 bits per heavy atom. The first-order valence-electron chi connectivity index (χ1n) is 9.79. The van der Waals surface area contributed by atoms with Crippen molar-refractivity contribution < 1.29 is 14.3 Å². The number of nitrogens with one attached hydrogen (secondary N) is 2. The third-order valence-electron chi connectivity index (χ3n) is 5.26. The van der Waals surface area contributed by atoms with Gasteiger partial charge < -0.3 is 19.8 Å². The van der Waals surface area contributed by atoms with Crippen LogP contribution in [0.15, 0.2) is 67.0 Å². The summed E-state index contributed by atoms with van der Waals surface area (Å²) in [5.74, 6) is 0.877. The maximum atomic E-state index is 12.7. The lowest BCUT2D eigenvalue weighted by atomic mass is 9.89. The number of hydrogen-bond acceptors (Lipinski definition) is 4. The number of ether oxygens (including phenoxy) is 2. The molecule has 2 heterocycles. The summed E-state index contributed by atoms with van der Waals surface area (Å²) in [5.41, 5.74) is 3.44. The molecule has 0 fully saturated rings. The molecule has 0 spiro atoms. The van der Waals surface area contributed by atoms with Crippen LogP contribution in [0.3, 0.4) is 0 Å². The van der Waals surface area contributed by atoms with E-state index in [1.165, 1.54) is 6.20 Å². The Balaban J connectivity index is 1.73. The predicted molar refractivity (Wildman–Crippen MR) is 121 cm³/mol. The number of aromatic amines is 1. The van der Waals surface area contributed by atoms with Gasteiger partial charge in [0.25, 0.3) is 5.91 Å². The van der Waals surface area contributed by atoms with Crippen LogP contribution in [0, 0.1) is 0 Å². The second kappa shape index (κ2) is 9.10. The van der Waals surface area contributed by atoms with Crippen molar-refractivity contribution in [3.63, 3.8) is 0 Å². The number of benzene rings is 2. The molecule has 0 radical (unpaired) electrons. The molecule has 0 bridgehead atoms. The highest BCUT2D eigenvalue weighted by molar-refractivity contribution is 6.29. The van der Waals surface area contributed by atoms with Crippen molar-refractivity contribution in [1.29, 1.82) is 0 Å². The molecule has 0 saturated heterocycles. The van der Waals surface area contributed by atoms with E-state index in [9.17, 15) is 4.79 Å². The van der Waals surface area contributed by atoms with Crippen molar-refractivity contribution >= 4 is 28.4 Å². The van der Waals surface area contributed by atoms with Crippen molar-refractivity contribution in [2.24, 2.45) is 0 Å². The summed E-state index contributed by atoms with van der Waals surface area (Å²) in [6.45, 7) is 0.354. The molecule has 6 nitrogen and oxygen atoms in total. The third kappa shape index (κ3) is 4.20. The Hall–Kier alpha value is -3.51. The van der Waals surface area contributed by atoms with Gasteiger partial charge in [0.1, 0.15) is 5.15 Å². The number of halogens is 1. The minimum Gasteiger partial charge on any atom is -0.493 e. The third-order valence-corrected chi connectivity index (χ3v) is 5.49. The molecule has 0 aliphatic carbocycles. The molecule has 158 valence electrons. The van der Waals surface area contributed by atoms with Gasteiger partial charge >= 0.3 is 0 Å². The quantitative estimate of drug-likeness (QED) is 0.409. The summed E-state index contributed by atoms with van der Waals surface area (Å²) in [6.07, 6.45) is 3.44. The van der Waals surface area contributed by atoms with E-state index in [-0.39, 0.29) is 11.8 Å². The Morgan fingerprint density at radius 1 is 1.06 bits per heavy atom. The number of amides is 1. The maximum absolute atomic E-state index is 12.7. The lowest BCUT2D eigenvalue weighted by Gasteiger charge is -2.22. The molecule has 0 saturated carbocycles. The molecule has 2 N–H and O–H groups in total. The highest BCUT2D eigenvalue weighted by Gasteiger charge is 2.24. The lowest BCUT2D eigenvalue weighted by Crippen LogP contribution is -2.29. The van der Waals surface area contributed by atoms with Crippen molar-refractivity contribution in [1.82, 2.24) is 15.3 Å². The van der Waals surface area contributed by atoms with Crippen LogP contribution in [0.4, 0.5) is 0 Å². The van der Waals surface area contributed by atoms with Gasteiger partial charge in [-0.05, 0) is 29.8 Å². The van der Waals surface area contributed by atoms with Gasteiger partial charge in [-0.25, -0.2) is 4.98 Å². The van der Waals surface area contributed by atoms with E-state index >= 15 is 0 Å². The summed E-state index contributed by atoms with van der Waals surface area (Å²) in [6, 6.07) is 17.1. The van der Waals surface area contributed by atoms with Gasteiger partial charge in [0, 0.05) is 41.3 Å². The monoisotopic (exact) mass is 435 g/mol. The molecule has 0 aliphatic rings. The number of pyridine rings is 1. The van der Waals surface area contributed by atoms with Crippen molar-refractivity contribution in [3.8, 4) is 11.5 Å². The van der Waals surface area contributed by atoms with Gasteiger partial charge in [0.05, 0.1) is 19.8 Å². The van der Waals surface area contributed by atoms with Gasteiger partial charge in [-0.15, -0.1) is 0 Å². The Morgan fingerprint density at radius 3 is 2.65 bits per heavy atom. The molecular formula is C24H22ClN3O3. The number of fused-ring (bicyclic) bond motifs is 1. The topological polar surface area (TPSA) is 76.2 Å². The van der Waals surface area contributed by atoms with Gasteiger partial charge in [-0.2, -0.15) is 0 Å². The van der Waals surface area contributed by atoms with Crippen LogP contribution < -0.4 is 14.8 Å². The van der Waals surface area contributed by atoms with Crippen LogP contribution in [-0.2, 0) is 0 Å². The van der Waals surface area contributed by atoms with E-state index in [1.54, 1.807) is 26.4 Å². The summed E-state index contributed by atoms with van der Waals surface area (Å²) < 4.78 is 11.2. The standard InChI is InChI=1S/C24H22ClN3O3/c1-30-21-9-5-7-17(23(21)31-2)19(18-13-26-20-8-4-3-6-16(18)20)14-28-24(29)15-10-11-22(25)27-12-15/h3-13,19,26H,14H2,1-2H3,(H,28,29). The van der Waals surface area contributed by atoms with Gasteiger partial charge in [-0.1, -0.05) is 41.9 Å². The maximum Gasteiger partial charge on any atom is 0.252 e. The number of carbonyl (C=O) groups is 1. The number of carbonyl (C=O) groups excluding carboxylic acids is 1. The smallest absolute Gasteiger partial charge is 0.252 e. The molecule has 31 heavy (non-hydrogen) atoms. The van der Waals surface area contributed by atoms with E-state index in [4.69, 9.17) is 21.1 Å². The van der Waals surface area contributed by atoms with Crippen LogP contribution in [0.2, 0.25) is 5.15 Å². The molecule has 1 atom stereocenters. The molecule has 1 amide bonds. The second-order valence-electron chi connectivity index (χ2n) is 7.00. The first-order valence-corrected chi connectivity index (χ1v) is 10.2. The van der Waals surface area contributed by atoms with Crippen molar-refractivity contribution in [2.45, 2.75) is 5.92 Å². The van der Waals surface area contributed by atoms with Crippen molar-refractivity contribution in [3.05, 3.63) is 88.8 Å². The average Bonchev–Trinajstić information content (AvgIpc) is 3.23. The lowest BCUT2D eigenvalue weighted by molar-refractivity contribution is 0.0952. The fourth-order valence-electron chi connectivity index (χ4n) is 3.76. The van der Waals surface area contributed by atoms with E-state index < -0.39 is 0 Å². The minimum atomic E-state index is -0.226. The summed E-state index contributed by atoms with van der Waals surface area (Å²) in [5, 5.41) is 4.45. The number of hydrogen-bond donors (Lipinski definition) is 2. The summed E-state index contributed by atoms with van der Waals surface area (Å²) >= 11 is 5.84. The second-order valence-corrected chi connectivity index (χ2v) is 7.39. The number of H-pyrrole nitrogens is 1. The fourth-order valence-corrected chi connectivity index (χ4v) is 3.87. The van der Waals surface area contributed by atoms with Crippen LogP contribution in [0.1, 0.15) is 27.4 Å². The first kappa shape index (κ1) is 20.8. The first-order chi connectivity index (χ1) is 15.1. The Kier molecular flexibility index (Phi) is 6.09. The largest absolute Gasteiger partial charge is 0.493 e. The highest BCUT2D eigenvalue weighted by Crippen LogP contribution is 2.40. The highest BCUT2D eigenvalue weighted by atomic mass is 35.5. The normalized spacial score (nSPS) is 11.8. The molecule has 2 aromatic carbocycles. The number of rotatable bonds is 7. The van der Waals surface area contributed by atoms with Crippen molar-refractivity contribution in [2.75, 3.05) is 20.8 Å².